The Labute approximate surface area is 120 Å². The Morgan fingerprint density at radius 1 is 1.30 bits per heavy atom. The average Bonchev–Trinajstić information content (AvgIpc) is 2.35. The maximum atomic E-state index is 5.56. The third-order valence-electron chi connectivity index (χ3n) is 3.39. The predicted molar refractivity (Wildman–Crippen MR) is 80.6 cm³/mol. The summed E-state index contributed by atoms with van der Waals surface area (Å²) in [5.74, 6) is 7.71. The summed E-state index contributed by atoms with van der Waals surface area (Å²) < 4.78 is 5.56. The smallest absolute Gasteiger partial charge is 0.145 e. The number of nitrogen functional groups attached to an aromatic ring is 1. The van der Waals surface area contributed by atoms with Crippen LogP contribution in [0.15, 0.2) is 6.07 Å². The van der Waals surface area contributed by atoms with Gasteiger partial charge in [0.1, 0.15) is 17.5 Å². The molecule has 0 atom stereocenters. The number of rotatable bonds is 5. The highest BCUT2D eigenvalue weighted by molar-refractivity contribution is 5.48. The van der Waals surface area contributed by atoms with Gasteiger partial charge >= 0.3 is 0 Å². The van der Waals surface area contributed by atoms with Crippen molar-refractivity contribution in [3.8, 4) is 0 Å². The van der Waals surface area contributed by atoms with Gasteiger partial charge in [-0.2, -0.15) is 0 Å². The number of aromatic nitrogens is 2. The summed E-state index contributed by atoms with van der Waals surface area (Å²) in [4.78, 5) is 8.99. The van der Waals surface area contributed by atoms with Crippen molar-refractivity contribution in [1.82, 2.24) is 9.97 Å². The molecule has 0 unspecified atom stereocenters. The van der Waals surface area contributed by atoms with Crippen LogP contribution in [0.3, 0.4) is 0 Å². The van der Waals surface area contributed by atoms with Crippen molar-refractivity contribution in [1.29, 1.82) is 0 Å². The van der Waals surface area contributed by atoms with Gasteiger partial charge < -0.3 is 15.5 Å². The van der Waals surface area contributed by atoms with Crippen LogP contribution >= 0.6 is 0 Å². The van der Waals surface area contributed by atoms with Crippen molar-refractivity contribution in [2.45, 2.75) is 58.1 Å². The Morgan fingerprint density at radius 2 is 1.95 bits per heavy atom. The topological polar surface area (TPSA) is 85.1 Å². The standard InChI is InChI=1S/C14H25N5O/c1-5-20-10-6-9(7-10)16-11-8-12(19-15)18-13(17-11)14(2,3)4/h8-10H,5-7,15H2,1-4H3,(H2,16,17,18,19). The van der Waals surface area contributed by atoms with Gasteiger partial charge in [-0.05, 0) is 19.8 Å². The minimum absolute atomic E-state index is 0.114. The molecule has 0 aliphatic heterocycles. The summed E-state index contributed by atoms with van der Waals surface area (Å²) in [5.41, 5.74) is 2.49. The molecule has 1 aliphatic carbocycles. The Kier molecular flexibility index (Phi) is 4.45. The number of hydrazine groups is 1. The molecule has 1 aliphatic rings. The molecular weight excluding hydrogens is 254 g/mol. The van der Waals surface area contributed by atoms with Crippen LogP contribution in [0.1, 0.15) is 46.4 Å². The number of ether oxygens (including phenoxy) is 1. The number of nitrogens with one attached hydrogen (secondary N) is 2. The molecule has 6 heteroatoms. The molecule has 0 bridgehead atoms. The van der Waals surface area contributed by atoms with Crippen LogP contribution in [-0.2, 0) is 10.2 Å². The van der Waals surface area contributed by atoms with Crippen LogP contribution in [-0.4, -0.2) is 28.7 Å². The largest absolute Gasteiger partial charge is 0.378 e. The molecule has 112 valence electrons. The molecule has 0 aromatic carbocycles. The average molecular weight is 279 g/mol. The van der Waals surface area contributed by atoms with Gasteiger partial charge in [0, 0.05) is 24.1 Å². The zero-order chi connectivity index (χ0) is 14.8. The van der Waals surface area contributed by atoms with E-state index in [-0.39, 0.29) is 5.41 Å². The molecule has 2 rings (SSSR count). The first kappa shape index (κ1) is 15.0. The van der Waals surface area contributed by atoms with Gasteiger partial charge in [0.2, 0.25) is 0 Å². The quantitative estimate of drug-likeness (QED) is 0.565. The lowest BCUT2D eigenvalue weighted by atomic mass is 9.89. The zero-order valence-corrected chi connectivity index (χ0v) is 12.7. The minimum atomic E-state index is -0.114. The summed E-state index contributed by atoms with van der Waals surface area (Å²) in [6.45, 7) is 9.06. The van der Waals surface area contributed by atoms with Gasteiger partial charge in [-0.25, -0.2) is 15.8 Å². The fraction of sp³-hybridized carbons (Fsp3) is 0.714. The molecule has 6 nitrogen and oxygen atoms in total. The monoisotopic (exact) mass is 279 g/mol. The van der Waals surface area contributed by atoms with Crippen molar-refractivity contribution < 1.29 is 4.74 Å². The molecule has 0 saturated heterocycles. The zero-order valence-electron chi connectivity index (χ0n) is 12.7. The number of hydrogen-bond acceptors (Lipinski definition) is 6. The van der Waals surface area contributed by atoms with Crippen LogP contribution in [0.2, 0.25) is 0 Å². The van der Waals surface area contributed by atoms with Crippen molar-refractivity contribution in [3.05, 3.63) is 11.9 Å². The lowest BCUT2D eigenvalue weighted by molar-refractivity contribution is 0.00292. The third kappa shape index (κ3) is 3.58. The summed E-state index contributed by atoms with van der Waals surface area (Å²) in [5, 5.41) is 3.43. The van der Waals surface area contributed by atoms with Gasteiger partial charge in [0.25, 0.3) is 0 Å². The van der Waals surface area contributed by atoms with Gasteiger partial charge in [-0.15, -0.1) is 0 Å². The molecular formula is C14H25N5O. The molecule has 0 amide bonds. The van der Waals surface area contributed by atoms with Gasteiger partial charge in [0.15, 0.2) is 0 Å². The SMILES string of the molecule is CCOC1CC(Nc2cc(NN)nc(C(C)(C)C)n2)C1. The normalized spacial score (nSPS) is 22.2. The van der Waals surface area contributed by atoms with E-state index in [1.807, 2.05) is 13.0 Å². The first-order valence-electron chi connectivity index (χ1n) is 7.16. The first-order valence-corrected chi connectivity index (χ1v) is 7.16. The van der Waals surface area contributed by atoms with E-state index in [1.54, 1.807) is 0 Å². The van der Waals surface area contributed by atoms with E-state index >= 15 is 0 Å². The van der Waals surface area contributed by atoms with E-state index in [2.05, 4.69) is 41.5 Å². The second-order valence-corrected chi connectivity index (χ2v) is 6.25. The van der Waals surface area contributed by atoms with E-state index in [9.17, 15) is 0 Å². The highest BCUT2D eigenvalue weighted by atomic mass is 16.5. The van der Waals surface area contributed by atoms with E-state index in [0.717, 1.165) is 31.1 Å². The molecule has 1 fully saturated rings. The molecule has 1 aromatic heterocycles. The van der Waals surface area contributed by atoms with Gasteiger partial charge in [-0.1, -0.05) is 20.8 Å². The second-order valence-electron chi connectivity index (χ2n) is 6.25. The Morgan fingerprint density at radius 3 is 2.50 bits per heavy atom. The van der Waals surface area contributed by atoms with Crippen LogP contribution in [0.4, 0.5) is 11.6 Å². The van der Waals surface area contributed by atoms with Gasteiger partial charge in [0.05, 0.1) is 6.10 Å². The molecule has 0 spiro atoms. The molecule has 1 heterocycles. The first-order chi connectivity index (χ1) is 9.42. The van der Waals surface area contributed by atoms with Crippen molar-refractivity contribution in [2.24, 2.45) is 5.84 Å². The maximum Gasteiger partial charge on any atom is 0.145 e. The van der Waals surface area contributed by atoms with Crippen molar-refractivity contribution >= 4 is 11.6 Å². The van der Waals surface area contributed by atoms with E-state index in [4.69, 9.17) is 10.6 Å². The molecule has 20 heavy (non-hydrogen) atoms. The highest BCUT2D eigenvalue weighted by Gasteiger charge is 2.30. The number of anilines is 2. The third-order valence-corrected chi connectivity index (χ3v) is 3.39. The van der Waals surface area contributed by atoms with E-state index in [0.29, 0.717) is 18.0 Å². The van der Waals surface area contributed by atoms with E-state index < -0.39 is 0 Å². The van der Waals surface area contributed by atoms with Crippen LogP contribution in [0, 0.1) is 0 Å². The number of nitrogens with zero attached hydrogens (tertiary/aromatic N) is 2. The summed E-state index contributed by atoms with van der Waals surface area (Å²) in [6, 6.07) is 2.25. The van der Waals surface area contributed by atoms with Crippen molar-refractivity contribution in [3.63, 3.8) is 0 Å². The predicted octanol–water partition coefficient (Wildman–Crippen LogP) is 2.04. The van der Waals surface area contributed by atoms with Gasteiger partial charge in [-0.3, -0.25) is 0 Å². The van der Waals surface area contributed by atoms with Crippen LogP contribution < -0.4 is 16.6 Å². The lowest BCUT2D eigenvalue weighted by Gasteiger charge is -2.35. The summed E-state index contributed by atoms with van der Waals surface area (Å²) in [7, 11) is 0. The highest BCUT2D eigenvalue weighted by Crippen LogP contribution is 2.28. The lowest BCUT2D eigenvalue weighted by Crippen LogP contribution is -2.41. The molecule has 4 N–H and O–H groups in total. The fourth-order valence-corrected chi connectivity index (χ4v) is 2.19. The van der Waals surface area contributed by atoms with Crippen LogP contribution in [0.25, 0.3) is 0 Å². The Hall–Kier alpha value is -1.40. The Balaban J connectivity index is 2.05. The molecule has 1 saturated carbocycles. The number of nitrogens with two attached hydrogens (primary N) is 1. The van der Waals surface area contributed by atoms with E-state index in [1.165, 1.54) is 0 Å². The summed E-state index contributed by atoms with van der Waals surface area (Å²) in [6.07, 6.45) is 2.43. The Bertz CT molecular complexity index is 451. The second kappa shape index (κ2) is 5.93. The molecule has 0 radical (unpaired) electrons. The number of hydrogen-bond donors (Lipinski definition) is 3. The molecule has 1 aromatic rings. The minimum Gasteiger partial charge on any atom is -0.378 e. The summed E-state index contributed by atoms with van der Waals surface area (Å²) >= 11 is 0. The maximum absolute atomic E-state index is 5.56. The van der Waals surface area contributed by atoms with Crippen molar-refractivity contribution in [2.75, 3.05) is 17.3 Å². The fourth-order valence-electron chi connectivity index (χ4n) is 2.19. The van der Waals surface area contributed by atoms with Crippen LogP contribution in [0.5, 0.6) is 0 Å².